The first-order valence-corrected chi connectivity index (χ1v) is 8.48. The molecule has 0 aliphatic carbocycles. The van der Waals surface area contributed by atoms with Crippen LogP contribution in [-0.2, 0) is 25.6 Å². The monoisotopic (exact) mass is 381 g/mol. The highest BCUT2D eigenvalue weighted by molar-refractivity contribution is 5.87. The number of nitrogens with one attached hydrogen (secondary N) is 1. The van der Waals surface area contributed by atoms with Crippen molar-refractivity contribution >= 4 is 24.0 Å². The number of amides is 1. The van der Waals surface area contributed by atoms with E-state index in [4.69, 9.17) is 10.2 Å². The fraction of sp³-hybridized carbons (Fsp3) is 0.444. The quantitative estimate of drug-likeness (QED) is 0.415. The molecule has 0 saturated carbocycles. The number of hydrogen-bond acceptors (Lipinski definition) is 6. The molecule has 0 heterocycles. The molecule has 9 heteroatoms. The van der Waals surface area contributed by atoms with Crippen LogP contribution in [0, 0.1) is 5.92 Å². The van der Waals surface area contributed by atoms with E-state index < -0.39 is 24.0 Å². The van der Waals surface area contributed by atoms with E-state index in [2.05, 4.69) is 9.57 Å². The molecule has 1 rings (SSSR count). The van der Waals surface area contributed by atoms with Gasteiger partial charge in [-0.3, -0.25) is 9.59 Å². The second-order valence-electron chi connectivity index (χ2n) is 5.86. The van der Waals surface area contributed by atoms with E-state index in [0.29, 0.717) is 19.3 Å². The number of rotatable bonds is 10. The first-order chi connectivity index (χ1) is 12.8. The molecule has 3 N–H and O–H groups in total. The molecule has 0 saturated heterocycles. The number of benzene rings is 1. The number of hydrogen-bond donors (Lipinski definition) is 3. The fourth-order valence-electron chi connectivity index (χ4n) is 2.47. The third-order valence-corrected chi connectivity index (χ3v) is 3.75. The number of aliphatic carboxylic acids is 1. The van der Waals surface area contributed by atoms with Crippen molar-refractivity contribution in [3.8, 4) is 0 Å². The topological polar surface area (TPSA) is 139 Å². The second kappa shape index (κ2) is 11.5. The summed E-state index contributed by atoms with van der Waals surface area (Å²) in [5.74, 6) is -2.69. The largest absolute Gasteiger partial charge is 0.533 e. The molecular weight excluding hydrogens is 358 g/mol. The van der Waals surface area contributed by atoms with Crippen LogP contribution in [0.4, 0.5) is 4.79 Å². The number of hydroxylamine groups is 1. The molecule has 0 aliphatic heterocycles. The predicted octanol–water partition coefficient (Wildman–Crippen LogP) is 2.39. The zero-order valence-corrected chi connectivity index (χ0v) is 15.0. The molecule has 0 bridgehead atoms. The minimum absolute atomic E-state index is 0.0162. The fourth-order valence-corrected chi connectivity index (χ4v) is 2.47. The van der Waals surface area contributed by atoms with E-state index in [0.717, 1.165) is 5.56 Å². The Hall–Kier alpha value is -3.10. The lowest BCUT2D eigenvalue weighted by Gasteiger charge is -2.16. The van der Waals surface area contributed by atoms with E-state index in [1.54, 1.807) is 19.1 Å². The van der Waals surface area contributed by atoms with Crippen molar-refractivity contribution in [1.82, 2.24) is 5.48 Å². The molecule has 148 valence electrons. The summed E-state index contributed by atoms with van der Waals surface area (Å²) in [7, 11) is 0. The van der Waals surface area contributed by atoms with Crippen LogP contribution in [0.25, 0.3) is 0 Å². The summed E-state index contributed by atoms with van der Waals surface area (Å²) < 4.78 is 4.50. The first kappa shape index (κ1) is 21.9. The van der Waals surface area contributed by atoms with Crippen LogP contribution in [0.5, 0.6) is 0 Å². The third-order valence-electron chi connectivity index (χ3n) is 3.75. The molecule has 0 fully saturated rings. The Bertz CT molecular complexity index is 673. The Morgan fingerprint density at radius 2 is 1.81 bits per heavy atom. The number of carboxylic acid groups (broad SMARTS) is 2. The van der Waals surface area contributed by atoms with Gasteiger partial charge in [0.15, 0.2) is 0 Å². The molecule has 0 spiro atoms. The van der Waals surface area contributed by atoms with E-state index in [1.807, 2.05) is 5.48 Å². The molecule has 1 atom stereocenters. The predicted molar refractivity (Wildman–Crippen MR) is 92.9 cm³/mol. The third kappa shape index (κ3) is 9.24. The molecule has 0 radical (unpaired) electrons. The lowest BCUT2D eigenvalue weighted by molar-refractivity contribution is -0.137. The minimum Gasteiger partial charge on any atom is -0.481 e. The number of carbonyl (C=O) groups excluding carboxylic acids is 2. The van der Waals surface area contributed by atoms with Gasteiger partial charge in [-0.15, -0.1) is 0 Å². The average molecular weight is 381 g/mol. The van der Waals surface area contributed by atoms with Gasteiger partial charge >= 0.3 is 18.1 Å². The molecule has 27 heavy (non-hydrogen) atoms. The summed E-state index contributed by atoms with van der Waals surface area (Å²) in [5.41, 5.74) is 2.86. The molecule has 0 aliphatic rings. The zero-order chi connectivity index (χ0) is 20.2. The van der Waals surface area contributed by atoms with Crippen LogP contribution >= 0.6 is 0 Å². The van der Waals surface area contributed by atoms with Crippen LogP contribution in [0.15, 0.2) is 24.3 Å². The van der Waals surface area contributed by atoms with Gasteiger partial charge in [-0.05, 0) is 49.8 Å². The van der Waals surface area contributed by atoms with E-state index >= 15 is 0 Å². The van der Waals surface area contributed by atoms with Crippen molar-refractivity contribution in [1.29, 1.82) is 0 Å². The lowest BCUT2D eigenvalue weighted by atomic mass is 9.90. The van der Waals surface area contributed by atoms with E-state index in [9.17, 15) is 19.2 Å². The van der Waals surface area contributed by atoms with Crippen LogP contribution in [0.3, 0.4) is 0 Å². The molecule has 1 amide bonds. The molecule has 1 aromatic carbocycles. The number of aromatic carboxylic acids is 1. The number of ether oxygens (including phenoxy) is 1. The highest BCUT2D eigenvalue weighted by Crippen LogP contribution is 2.20. The van der Waals surface area contributed by atoms with Gasteiger partial charge in [0, 0.05) is 12.8 Å². The Balaban J connectivity index is 2.62. The first-order valence-electron chi connectivity index (χ1n) is 8.48. The summed E-state index contributed by atoms with van der Waals surface area (Å²) >= 11 is 0. The summed E-state index contributed by atoms with van der Waals surface area (Å²) in [4.78, 5) is 49.1. The summed E-state index contributed by atoms with van der Waals surface area (Å²) in [5, 5.41) is 17.9. The van der Waals surface area contributed by atoms with Gasteiger partial charge in [0.1, 0.15) is 0 Å². The molecule has 1 unspecified atom stereocenters. The van der Waals surface area contributed by atoms with Gasteiger partial charge in [-0.2, -0.15) is 5.48 Å². The second-order valence-corrected chi connectivity index (χ2v) is 5.86. The maximum Gasteiger partial charge on any atom is 0.533 e. The Morgan fingerprint density at radius 1 is 1.11 bits per heavy atom. The number of carboxylic acids is 2. The highest BCUT2D eigenvalue weighted by Gasteiger charge is 2.16. The SMILES string of the molecule is CCOC(=O)ONC(=O)CCC(CCC(=O)O)Cc1cccc(C(=O)O)c1. The summed E-state index contributed by atoms with van der Waals surface area (Å²) in [6, 6.07) is 6.37. The molecule has 1 aromatic rings. The standard InChI is InChI=1S/C18H23NO8/c1-2-26-18(25)27-19-15(20)8-6-12(7-9-16(21)22)10-13-4-3-5-14(11-13)17(23)24/h3-5,11-12H,2,6-10H2,1H3,(H,19,20)(H,21,22)(H,23,24). The van der Waals surface area contributed by atoms with Gasteiger partial charge < -0.3 is 19.8 Å². The number of carbonyl (C=O) groups is 4. The normalized spacial score (nSPS) is 11.3. The van der Waals surface area contributed by atoms with Crippen LogP contribution in [0.1, 0.15) is 48.5 Å². The smallest absolute Gasteiger partial charge is 0.481 e. The van der Waals surface area contributed by atoms with Crippen molar-refractivity contribution in [2.75, 3.05) is 6.61 Å². The maximum atomic E-state index is 11.8. The average Bonchev–Trinajstić information content (AvgIpc) is 2.62. The Kier molecular flexibility index (Phi) is 9.35. The zero-order valence-electron chi connectivity index (χ0n) is 15.0. The Morgan fingerprint density at radius 3 is 2.44 bits per heavy atom. The lowest BCUT2D eigenvalue weighted by Crippen LogP contribution is -2.28. The van der Waals surface area contributed by atoms with Crippen molar-refractivity contribution in [3.63, 3.8) is 0 Å². The van der Waals surface area contributed by atoms with Crippen molar-refractivity contribution in [2.24, 2.45) is 5.92 Å². The van der Waals surface area contributed by atoms with E-state index in [1.165, 1.54) is 12.1 Å². The van der Waals surface area contributed by atoms with Gasteiger partial charge in [-0.25, -0.2) is 9.59 Å². The van der Waals surface area contributed by atoms with Crippen molar-refractivity contribution in [3.05, 3.63) is 35.4 Å². The van der Waals surface area contributed by atoms with E-state index in [-0.39, 0.29) is 30.9 Å². The molecule has 0 aromatic heterocycles. The maximum absolute atomic E-state index is 11.8. The highest BCUT2D eigenvalue weighted by atomic mass is 16.8. The molecule has 9 nitrogen and oxygen atoms in total. The molecular formula is C18H23NO8. The van der Waals surface area contributed by atoms with Crippen LogP contribution in [0.2, 0.25) is 0 Å². The minimum atomic E-state index is -1.05. The summed E-state index contributed by atoms with van der Waals surface area (Å²) in [6.07, 6.45) is 0.0487. The van der Waals surface area contributed by atoms with Gasteiger partial charge in [-0.1, -0.05) is 12.1 Å². The van der Waals surface area contributed by atoms with Crippen molar-refractivity contribution < 1.29 is 39.0 Å². The summed E-state index contributed by atoms with van der Waals surface area (Å²) in [6.45, 7) is 1.71. The van der Waals surface area contributed by atoms with Crippen molar-refractivity contribution in [2.45, 2.75) is 39.0 Å². The Labute approximate surface area is 156 Å². The van der Waals surface area contributed by atoms with Crippen LogP contribution in [-0.4, -0.2) is 40.8 Å². The van der Waals surface area contributed by atoms with Gasteiger partial charge in [0.2, 0.25) is 0 Å². The van der Waals surface area contributed by atoms with Gasteiger partial charge in [0.05, 0.1) is 12.2 Å². The van der Waals surface area contributed by atoms with Crippen LogP contribution < -0.4 is 5.48 Å². The van der Waals surface area contributed by atoms with Gasteiger partial charge in [0.25, 0.3) is 5.91 Å².